The van der Waals surface area contributed by atoms with Gasteiger partial charge < -0.3 is 25.2 Å². The first-order valence-electron chi connectivity index (χ1n) is 7.72. The van der Waals surface area contributed by atoms with Gasteiger partial charge in [0, 0.05) is 12.0 Å². The number of aliphatic hydroxyl groups is 4. The lowest BCUT2D eigenvalue weighted by molar-refractivity contribution is -0.205. The summed E-state index contributed by atoms with van der Waals surface area (Å²) in [6.07, 6.45) is -4.40. The molecule has 0 spiro atoms. The van der Waals surface area contributed by atoms with Crippen molar-refractivity contribution in [3.05, 3.63) is 0 Å². The molecule has 1 aliphatic heterocycles. The monoisotopic (exact) mass is 453 g/mol. The number of rotatable bonds is 9. The van der Waals surface area contributed by atoms with Crippen molar-refractivity contribution in [2.24, 2.45) is 5.16 Å². The van der Waals surface area contributed by atoms with E-state index in [9.17, 15) is 32.2 Å². The van der Waals surface area contributed by atoms with Crippen molar-refractivity contribution >= 4 is 37.0 Å². The number of hydrogen-bond donors (Lipinski definition) is 5. The molecule has 1 aliphatic rings. The minimum Gasteiger partial charge on any atom is -0.394 e. The van der Waals surface area contributed by atoms with Crippen molar-refractivity contribution < 1.29 is 50.8 Å². The summed E-state index contributed by atoms with van der Waals surface area (Å²) in [7, 11) is -8.08. The van der Waals surface area contributed by atoms with Crippen LogP contribution in [0.5, 0.6) is 0 Å². The summed E-state index contributed by atoms with van der Waals surface area (Å²) in [4.78, 5) is 0. The first-order valence-corrected chi connectivity index (χ1v) is 12.0. The van der Waals surface area contributed by atoms with Crippen molar-refractivity contribution in [2.45, 2.75) is 49.1 Å². The summed E-state index contributed by atoms with van der Waals surface area (Å²) < 4.78 is 61.5. The third kappa shape index (κ3) is 9.01. The maximum Gasteiger partial charge on any atom is 0.466 e. The molecule has 0 radical (unpaired) electrons. The number of aliphatic hydroxyl groups excluding tert-OH is 4. The van der Waals surface area contributed by atoms with Crippen LogP contribution in [-0.4, -0.2) is 95.3 Å². The van der Waals surface area contributed by atoms with Gasteiger partial charge >= 0.3 is 10.4 Å². The summed E-state index contributed by atoms with van der Waals surface area (Å²) in [5.74, 6) is -0.107. The van der Waals surface area contributed by atoms with Crippen LogP contribution in [-0.2, 0) is 29.3 Å². The molecule has 0 bridgehead atoms. The smallest absolute Gasteiger partial charge is 0.394 e. The highest BCUT2D eigenvalue weighted by molar-refractivity contribution is 8.14. The highest BCUT2D eigenvalue weighted by Gasteiger charge is 2.44. The SMILES string of the molecule is CS(=O)(=O)CCCC/C(=N/OS(=O)(=O)O)S[C@@H]1O[C@H](CO)[C@H](O)[C@@H](O)[C@H]1O. The number of oxime groups is 1. The van der Waals surface area contributed by atoms with E-state index in [4.69, 9.17) is 14.4 Å². The van der Waals surface area contributed by atoms with E-state index in [-0.39, 0.29) is 30.1 Å². The summed E-state index contributed by atoms with van der Waals surface area (Å²) in [6.45, 7) is -0.648. The van der Waals surface area contributed by atoms with Crippen LogP contribution in [0.1, 0.15) is 19.3 Å². The standard InChI is InChI=1S/C12H23NO11S3/c1-26(18,19)5-3-2-4-8(13-24-27(20,21)22)25-12-11(17)10(16)9(15)7(6-14)23-12/h7,9-12,14-17H,2-6H2,1H3,(H,20,21,22)/b13-8-/t7-,9+,10-,11-,12+/m1/s1. The first kappa shape index (κ1) is 24.5. The highest BCUT2D eigenvalue weighted by Crippen LogP contribution is 2.30. The molecule has 0 aromatic heterocycles. The molecule has 1 heterocycles. The quantitative estimate of drug-likeness (QED) is 0.0835. The van der Waals surface area contributed by atoms with Gasteiger partial charge in [0.05, 0.1) is 6.61 Å². The molecule has 1 saturated heterocycles. The van der Waals surface area contributed by atoms with Gasteiger partial charge in [-0.1, -0.05) is 16.9 Å². The zero-order valence-electron chi connectivity index (χ0n) is 14.3. The Kier molecular flexibility index (Phi) is 9.36. The number of thioether (sulfide) groups is 1. The topological polar surface area (TPSA) is 200 Å². The minimum absolute atomic E-state index is 0.0186. The number of ether oxygens (including phenoxy) is 1. The maximum absolute atomic E-state index is 11.1. The van der Waals surface area contributed by atoms with E-state index >= 15 is 0 Å². The predicted octanol–water partition coefficient (Wildman–Crippen LogP) is -2.13. The zero-order chi connectivity index (χ0) is 20.8. The number of nitrogens with zero attached hydrogens (tertiary/aromatic N) is 1. The molecule has 5 atom stereocenters. The fourth-order valence-electron chi connectivity index (χ4n) is 2.15. The molecule has 1 fully saturated rings. The van der Waals surface area contributed by atoms with Gasteiger partial charge in [0.2, 0.25) is 0 Å². The molecule has 0 unspecified atom stereocenters. The summed E-state index contributed by atoms with van der Waals surface area (Å²) in [6, 6.07) is 0. The molecular weight excluding hydrogens is 430 g/mol. The number of unbranched alkanes of at least 4 members (excludes halogenated alkanes) is 1. The molecule has 0 amide bonds. The normalized spacial score (nSPS) is 30.3. The molecule has 0 aliphatic carbocycles. The van der Waals surface area contributed by atoms with E-state index in [1.54, 1.807) is 0 Å². The Morgan fingerprint density at radius 3 is 2.26 bits per heavy atom. The van der Waals surface area contributed by atoms with Crippen molar-refractivity contribution in [1.29, 1.82) is 0 Å². The van der Waals surface area contributed by atoms with Gasteiger partial charge in [0.25, 0.3) is 0 Å². The predicted molar refractivity (Wildman–Crippen MR) is 95.0 cm³/mol. The lowest BCUT2D eigenvalue weighted by Gasteiger charge is -2.39. The second-order valence-electron chi connectivity index (χ2n) is 5.89. The van der Waals surface area contributed by atoms with E-state index in [1.807, 2.05) is 0 Å². The van der Waals surface area contributed by atoms with Crippen LogP contribution in [0.15, 0.2) is 5.16 Å². The molecule has 5 N–H and O–H groups in total. The van der Waals surface area contributed by atoms with Crippen LogP contribution in [0, 0.1) is 0 Å². The van der Waals surface area contributed by atoms with Gasteiger partial charge in [0.1, 0.15) is 44.7 Å². The molecular formula is C12H23NO11S3. The molecule has 27 heavy (non-hydrogen) atoms. The number of hydrogen-bond acceptors (Lipinski definition) is 12. The average Bonchev–Trinajstić information content (AvgIpc) is 2.54. The second kappa shape index (κ2) is 10.3. The Morgan fingerprint density at radius 2 is 1.74 bits per heavy atom. The third-order valence-electron chi connectivity index (χ3n) is 3.49. The molecule has 1 rings (SSSR count). The Hall–Kier alpha value is -0.520. The van der Waals surface area contributed by atoms with Crippen molar-refractivity contribution in [2.75, 3.05) is 18.6 Å². The van der Waals surface area contributed by atoms with Crippen LogP contribution in [0.3, 0.4) is 0 Å². The molecule has 160 valence electrons. The van der Waals surface area contributed by atoms with Crippen LogP contribution in [0.2, 0.25) is 0 Å². The Labute approximate surface area is 161 Å². The van der Waals surface area contributed by atoms with E-state index in [0.717, 1.165) is 6.26 Å². The minimum atomic E-state index is -4.89. The molecule has 0 aromatic rings. The maximum atomic E-state index is 11.1. The number of sulfone groups is 1. The van der Waals surface area contributed by atoms with Gasteiger partial charge in [-0.15, -0.1) is 0 Å². The molecule has 12 nitrogen and oxygen atoms in total. The van der Waals surface area contributed by atoms with Gasteiger partial charge in [-0.2, -0.15) is 8.42 Å². The average molecular weight is 454 g/mol. The van der Waals surface area contributed by atoms with Crippen molar-refractivity contribution in [1.82, 2.24) is 0 Å². The second-order valence-corrected chi connectivity index (χ2v) is 10.3. The summed E-state index contributed by atoms with van der Waals surface area (Å²) in [5.41, 5.74) is -1.24. The van der Waals surface area contributed by atoms with E-state index in [2.05, 4.69) is 9.44 Å². The van der Waals surface area contributed by atoms with Crippen LogP contribution < -0.4 is 0 Å². The van der Waals surface area contributed by atoms with Crippen molar-refractivity contribution in [3.8, 4) is 0 Å². The summed E-state index contributed by atoms with van der Waals surface area (Å²) >= 11 is 0.643. The van der Waals surface area contributed by atoms with E-state index in [1.165, 1.54) is 0 Å². The third-order valence-corrected chi connectivity index (χ3v) is 5.96. The lowest BCUT2D eigenvalue weighted by Crippen LogP contribution is -2.57. The Bertz CT molecular complexity index is 706. The van der Waals surface area contributed by atoms with Gasteiger partial charge in [-0.3, -0.25) is 4.55 Å². The fourth-order valence-corrected chi connectivity index (χ4v) is 4.22. The fraction of sp³-hybridized carbons (Fsp3) is 0.917. The molecule has 0 saturated carbocycles. The van der Waals surface area contributed by atoms with Gasteiger partial charge in [0.15, 0.2) is 0 Å². The van der Waals surface area contributed by atoms with Crippen LogP contribution in [0.25, 0.3) is 0 Å². The van der Waals surface area contributed by atoms with Crippen LogP contribution in [0.4, 0.5) is 0 Å². The van der Waals surface area contributed by atoms with Crippen LogP contribution >= 0.6 is 11.8 Å². The van der Waals surface area contributed by atoms with E-state index < -0.39 is 56.7 Å². The Balaban J connectivity index is 2.82. The first-order chi connectivity index (χ1) is 12.3. The van der Waals surface area contributed by atoms with E-state index in [0.29, 0.717) is 11.8 Å². The Morgan fingerprint density at radius 1 is 1.11 bits per heavy atom. The zero-order valence-corrected chi connectivity index (χ0v) is 16.7. The van der Waals surface area contributed by atoms with Gasteiger partial charge in [-0.05, 0) is 19.3 Å². The largest absolute Gasteiger partial charge is 0.466 e. The summed E-state index contributed by atoms with van der Waals surface area (Å²) in [5, 5.41) is 41.8. The van der Waals surface area contributed by atoms with Crippen molar-refractivity contribution in [3.63, 3.8) is 0 Å². The highest BCUT2D eigenvalue weighted by atomic mass is 32.3. The molecule has 15 heteroatoms. The molecule has 0 aromatic carbocycles. The lowest BCUT2D eigenvalue weighted by atomic mass is 10.0. The van der Waals surface area contributed by atoms with Gasteiger partial charge in [-0.25, -0.2) is 12.7 Å².